The van der Waals surface area contributed by atoms with Gasteiger partial charge in [0, 0.05) is 13.2 Å². The maximum atomic E-state index is 5.60. The Hall–Kier alpha value is -1.65. The second kappa shape index (κ2) is 5.12. The molecule has 4 nitrogen and oxygen atoms in total. The van der Waals surface area contributed by atoms with E-state index in [9.17, 15) is 0 Å². The highest BCUT2D eigenvalue weighted by Gasteiger charge is 2.12. The van der Waals surface area contributed by atoms with Gasteiger partial charge in [0.15, 0.2) is 0 Å². The SMILES string of the molecule is Cc1cccc(CC(NN)c2cn(C)cn2)c1. The van der Waals surface area contributed by atoms with Crippen molar-refractivity contribution in [1.82, 2.24) is 15.0 Å². The van der Waals surface area contributed by atoms with Crippen LogP contribution in [0.2, 0.25) is 0 Å². The van der Waals surface area contributed by atoms with E-state index < -0.39 is 0 Å². The molecule has 0 saturated heterocycles. The molecule has 3 N–H and O–H groups in total. The predicted molar refractivity (Wildman–Crippen MR) is 68.2 cm³/mol. The fraction of sp³-hybridized carbons (Fsp3) is 0.308. The number of hydrogen-bond donors (Lipinski definition) is 2. The van der Waals surface area contributed by atoms with E-state index in [-0.39, 0.29) is 6.04 Å². The van der Waals surface area contributed by atoms with E-state index in [4.69, 9.17) is 5.84 Å². The van der Waals surface area contributed by atoms with E-state index in [0.717, 1.165) is 12.1 Å². The van der Waals surface area contributed by atoms with Crippen LogP contribution >= 0.6 is 0 Å². The molecule has 1 heterocycles. The average Bonchev–Trinajstić information content (AvgIpc) is 2.73. The van der Waals surface area contributed by atoms with E-state index in [1.807, 2.05) is 17.8 Å². The zero-order valence-electron chi connectivity index (χ0n) is 10.2. The third-order valence-corrected chi connectivity index (χ3v) is 2.81. The number of nitrogens with zero attached hydrogens (tertiary/aromatic N) is 2. The molecule has 1 unspecified atom stereocenters. The first-order valence-corrected chi connectivity index (χ1v) is 5.68. The van der Waals surface area contributed by atoms with Gasteiger partial charge in [0.25, 0.3) is 0 Å². The van der Waals surface area contributed by atoms with E-state index in [0.29, 0.717) is 0 Å². The van der Waals surface area contributed by atoms with Crippen molar-refractivity contribution >= 4 is 0 Å². The Balaban J connectivity index is 2.15. The molecule has 0 aliphatic rings. The van der Waals surface area contributed by atoms with Gasteiger partial charge in [-0.25, -0.2) is 4.98 Å². The fourth-order valence-electron chi connectivity index (χ4n) is 1.94. The highest BCUT2D eigenvalue weighted by molar-refractivity contribution is 5.24. The van der Waals surface area contributed by atoms with Crippen molar-refractivity contribution in [2.75, 3.05) is 0 Å². The van der Waals surface area contributed by atoms with Crippen LogP contribution in [0.25, 0.3) is 0 Å². The van der Waals surface area contributed by atoms with Crippen molar-refractivity contribution in [2.45, 2.75) is 19.4 Å². The lowest BCUT2D eigenvalue weighted by molar-refractivity contribution is 0.540. The molecule has 0 aliphatic carbocycles. The first-order chi connectivity index (χ1) is 8.19. The van der Waals surface area contributed by atoms with Gasteiger partial charge in [0.2, 0.25) is 0 Å². The Labute approximate surface area is 101 Å². The van der Waals surface area contributed by atoms with Crippen LogP contribution in [0, 0.1) is 6.92 Å². The molecule has 90 valence electrons. The smallest absolute Gasteiger partial charge is 0.0947 e. The third kappa shape index (κ3) is 2.93. The average molecular weight is 230 g/mol. The lowest BCUT2D eigenvalue weighted by atomic mass is 10.0. The Kier molecular flexibility index (Phi) is 3.56. The minimum absolute atomic E-state index is 0.0537. The summed E-state index contributed by atoms with van der Waals surface area (Å²) in [4.78, 5) is 4.33. The van der Waals surface area contributed by atoms with Crippen molar-refractivity contribution in [3.63, 3.8) is 0 Å². The molecule has 0 spiro atoms. The summed E-state index contributed by atoms with van der Waals surface area (Å²) in [5.74, 6) is 5.60. The molecule has 1 aromatic heterocycles. The van der Waals surface area contributed by atoms with E-state index in [1.54, 1.807) is 6.33 Å². The zero-order valence-corrected chi connectivity index (χ0v) is 10.2. The minimum atomic E-state index is 0.0537. The number of aromatic nitrogens is 2. The lowest BCUT2D eigenvalue weighted by Crippen LogP contribution is -2.29. The van der Waals surface area contributed by atoms with E-state index in [2.05, 4.69) is 41.6 Å². The van der Waals surface area contributed by atoms with Crippen LogP contribution in [0.15, 0.2) is 36.8 Å². The first kappa shape index (κ1) is 11.8. The number of nitrogens with one attached hydrogen (secondary N) is 1. The summed E-state index contributed by atoms with van der Waals surface area (Å²) in [7, 11) is 1.96. The van der Waals surface area contributed by atoms with Crippen LogP contribution in [0.4, 0.5) is 0 Å². The molecule has 2 rings (SSSR count). The fourth-order valence-corrected chi connectivity index (χ4v) is 1.94. The molecular weight excluding hydrogens is 212 g/mol. The molecule has 1 atom stereocenters. The molecule has 4 heteroatoms. The summed E-state index contributed by atoms with van der Waals surface area (Å²) in [6.07, 6.45) is 4.62. The van der Waals surface area contributed by atoms with Gasteiger partial charge in [-0.1, -0.05) is 29.8 Å². The second-order valence-corrected chi connectivity index (χ2v) is 4.38. The Bertz CT molecular complexity index is 490. The topological polar surface area (TPSA) is 55.9 Å². The predicted octanol–water partition coefficient (Wildman–Crippen LogP) is 1.48. The number of benzene rings is 1. The van der Waals surface area contributed by atoms with Crippen LogP contribution in [-0.2, 0) is 13.5 Å². The van der Waals surface area contributed by atoms with Gasteiger partial charge in [0.05, 0.1) is 18.1 Å². The second-order valence-electron chi connectivity index (χ2n) is 4.38. The molecule has 0 saturated carbocycles. The Morgan fingerprint density at radius 3 is 2.88 bits per heavy atom. The molecule has 17 heavy (non-hydrogen) atoms. The molecule has 0 radical (unpaired) electrons. The van der Waals surface area contributed by atoms with Gasteiger partial charge in [-0.05, 0) is 18.9 Å². The summed E-state index contributed by atoms with van der Waals surface area (Å²) in [5, 5.41) is 0. The van der Waals surface area contributed by atoms with Crippen molar-refractivity contribution in [3.8, 4) is 0 Å². The molecule has 0 fully saturated rings. The molecule has 0 aliphatic heterocycles. The summed E-state index contributed by atoms with van der Waals surface area (Å²) in [6, 6.07) is 8.50. The Morgan fingerprint density at radius 1 is 1.47 bits per heavy atom. The monoisotopic (exact) mass is 230 g/mol. The summed E-state index contributed by atoms with van der Waals surface area (Å²) in [6.45, 7) is 2.09. The van der Waals surface area contributed by atoms with Gasteiger partial charge >= 0.3 is 0 Å². The van der Waals surface area contributed by atoms with Gasteiger partial charge in [-0.3, -0.25) is 11.3 Å². The van der Waals surface area contributed by atoms with Gasteiger partial charge < -0.3 is 4.57 Å². The van der Waals surface area contributed by atoms with Crippen molar-refractivity contribution in [3.05, 3.63) is 53.6 Å². The van der Waals surface area contributed by atoms with E-state index >= 15 is 0 Å². The highest BCUT2D eigenvalue weighted by atomic mass is 15.2. The standard InChI is InChI=1S/C13H18N4/c1-10-4-3-5-11(6-10)7-12(16-14)13-8-17(2)9-15-13/h3-6,8-9,12,16H,7,14H2,1-2H3. The third-order valence-electron chi connectivity index (χ3n) is 2.81. The van der Waals surface area contributed by atoms with Crippen LogP contribution in [0.3, 0.4) is 0 Å². The molecule has 0 bridgehead atoms. The number of imidazole rings is 1. The summed E-state index contributed by atoms with van der Waals surface area (Å²) >= 11 is 0. The van der Waals surface area contributed by atoms with Crippen LogP contribution < -0.4 is 11.3 Å². The maximum Gasteiger partial charge on any atom is 0.0947 e. The maximum absolute atomic E-state index is 5.60. The highest BCUT2D eigenvalue weighted by Crippen LogP contribution is 2.16. The van der Waals surface area contributed by atoms with Crippen molar-refractivity contribution in [2.24, 2.45) is 12.9 Å². The number of aryl methyl sites for hydroxylation is 2. The first-order valence-electron chi connectivity index (χ1n) is 5.68. The molecular formula is C13H18N4. The largest absolute Gasteiger partial charge is 0.340 e. The van der Waals surface area contributed by atoms with Crippen molar-refractivity contribution in [1.29, 1.82) is 0 Å². The molecule has 1 aromatic carbocycles. The van der Waals surface area contributed by atoms with Gasteiger partial charge in [-0.2, -0.15) is 0 Å². The number of nitrogens with two attached hydrogens (primary N) is 1. The van der Waals surface area contributed by atoms with Crippen LogP contribution in [-0.4, -0.2) is 9.55 Å². The number of rotatable bonds is 4. The van der Waals surface area contributed by atoms with Crippen LogP contribution in [0.1, 0.15) is 22.9 Å². The normalized spacial score (nSPS) is 12.6. The zero-order chi connectivity index (χ0) is 12.3. The van der Waals surface area contributed by atoms with Crippen LogP contribution in [0.5, 0.6) is 0 Å². The number of hydrogen-bond acceptors (Lipinski definition) is 3. The van der Waals surface area contributed by atoms with E-state index in [1.165, 1.54) is 11.1 Å². The quantitative estimate of drug-likeness (QED) is 0.618. The van der Waals surface area contributed by atoms with Gasteiger partial charge in [-0.15, -0.1) is 0 Å². The van der Waals surface area contributed by atoms with Crippen molar-refractivity contribution < 1.29 is 0 Å². The summed E-state index contributed by atoms with van der Waals surface area (Å²) < 4.78 is 1.93. The number of hydrazine groups is 1. The molecule has 0 amide bonds. The van der Waals surface area contributed by atoms with Gasteiger partial charge in [0.1, 0.15) is 0 Å². The summed E-state index contributed by atoms with van der Waals surface area (Å²) in [5.41, 5.74) is 6.32. The lowest BCUT2D eigenvalue weighted by Gasteiger charge is -2.13. The minimum Gasteiger partial charge on any atom is -0.340 e. The Morgan fingerprint density at radius 2 is 2.29 bits per heavy atom. The molecule has 2 aromatic rings.